The van der Waals surface area contributed by atoms with E-state index < -0.39 is 0 Å². The summed E-state index contributed by atoms with van der Waals surface area (Å²) in [6.45, 7) is 7.43. The molecule has 27 heavy (non-hydrogen) atoms. The molecule has 3 nitrogen and oxygen atoms in total. The first-order valence-electron chi connectivity index (χ1n) is 8.91. The largest absolute Gasteiger partial charge is 3.00 e. The van der Waals surface area contributed by atoms with Crippen molar-refractivity contribution in [2.24, 2.45) is 0 Å². The van der Waals surface area contributed by atoms with E-state index in [9.17, 15) is 0 Å². The molecule has 0 heterocycles. The Kier molecular flexibility index (Phi) is 12.4. The van der Waals surface area contributed by atoms with Crippen LogP contribution in [0.2, 0.25) is 0 Å². The number of nitrogens with one attached hydrogen (secondary N) is 1. The van der Waals surface area contributed by atoms with Gasteiger partial charge >= 0.3 is 21.1 Å². The van der Waals surface area contributed by atoms with E-state index >= 15 is 0 Å². The fourth-order valence-corrected chi connectivity index (χ4v) is 2.53. The summed E-state index contributed by atoms with van der Waals surface area (Å²) in [5.74, 6) is 0. The topological polar surface area (TPSA) is 40.2 Å². The van der Waals surface area contributed by atoms with Gasteiger partial charge in [0.05, 0.1) is 0 Å². The first kappa shape index (κ1) is 25.7. The fraction of sp³-hybridized carbons (Fsp3) is 0.391. The second kappa shape index (κ2) is 13.0. The van der Waals surface area contributed by atoms with Crippen molar-refractivity contribution >= 4 is 12.2 Å². The third-order valence-electron chi connectivity index (χ3n) is 3.53. The van der Waals surface area contributed by atoms with Crippen molar-refractivity contribution in [3.63, 3.8) is 0 Å². The number of hydrogen-bond acceptors (Lipinski definition) is 1. The summed E-state index contributed by atoms with van der Waals surface area (Å²) >= 11 is 0. The number of fused-ring (bicyclic) bond motifs is 3. The molecular formula is C23H32MoN3. The Balaban J connectivity index is 0.000000860. The van der Waals surface area contributed by atoms with E-state index in [1.807, 2.05) is 0 Å². The van der Waals surface area contributed by atoms with Crippen molar-refractivity contribution in [2.45, 2.75) is 26.3 Å². The molecule has 3 rings (SSSR count). The summed E-state index contributed by atoms with van der Waals surface area (Å²) in [5.41, 5.74) is 3.93. The summed E-state index contributed by atoms with van der Waals surface area (Å²) in [5, 5.41) is 13.0. The molecule has 0 bridgehead atoms. The second-order valence-corrected chi connectivity index (χ2v) is 7.17. The Bertz CT molecular complexity index is 790. The van der Waals surface area contributed by atoms with E-state index in [2.05, 4.69) is 91.3 Å². The smallest absolute Gasteiger partial charge is 0.668 e. The number of rotatable bonds is 2. The molecule has 1 radical (unpaired) electrons. The van der Waals surface area contributed by atoms with Crippen LogP contribution in [0.5, 0.6) is 0 Å². The van der Waals surface area contributed by atoms with Gasteiger partial charge in [-0.15, -0.1) is 34.1 Å². The van der Waals surface area contributed by atoms with Crippen LogP contribution >= 0.6 is 0 Å². The van der Waals surface area contributed by atoms with Crippen LogP contribution in [0.1, 0.15) is 26.3 Å². The van der Waals surface area contributed by atoms with Gasteiger partial charge in [-0.2, -0.15) is 28.2 Å². The molecule has 0 unspecified atom stereocenters. The van der Waals surface area contributed by atoms with Crippen LogP contribution in [0.25, 0.3) is 33.9 Å². The molecule has 4 heteroatoms. The van der Waals surface area contributed by atoms with Gasteiger partial charge in [0.1, 0.15) is 0 Å². The molecule has 0 saturated heterocycles. The molecule has 0 fully saturated rings. The molecule has 1 aliphatic carbocycles. The average molecular weight is 446 g/mol. The third-order valence-corrected chi connectivity index (χ3v) is 3.53. The second-order valence-electron chi connectivity index (χ2n) is 7.17. The van der Waals surface area contributed by atoms with Crippen molar-refractivity contribution < 1.29 is 21.1 Å². The molecule has 0 amide bonds. The Morgan fingerprint density at radius 3 is 2.04 bits per heavy atom. The van der Waals surface area contributed by atoms with Gasteiger partial charge in [0.2, 0.25) is 0 Å². The van der Waals surface area contributed by atoms with E-state index in [4.69, 9.17) is 0 Å². The first-order valence-corrected chi connectivity index (χ1v) is 8.91. The van der Waals surface area contributed by atoms with Crippen molar-refractivity contribution in [2.75, 3.05) is 34.7 Å². The third kappa shape index (κ3) is 8.53. The number of benzene rings is 2. The van der Waals surface area contributed by atoms with Crippen LogP contribution in [0, 0.1) is 0 Å². The van der Waals surface area contributed by atoms with Gasteiger partial charge in [0.15, 0.2) is 0 Å². The minimum absolute atomic E-state index is 0. The van der Waals surface area contributed by atoms with Crippen molar-refractivity contribution in [1.29, 1.82) is 0 Å². The summed E-state index contributed by atoms with van der Waals surface area (Å²) in [6.07, 6.45) is 5.79. The molecule has 1 N–H and O–H groups in total. The van der Waals surface area contributed by atoms with Gasteiger partial charge in [0.25, 0.3) is 0 Å². The minimum Gasteiger partial charge on any atom is -0.668 e. The van der Waals surface area contributed by atoms with Crippen LogP contribution in [-0.2, 0) is 21.1 Å². The van der Waals surface area contributed by atoms with Crippen LogP contribution in [0.4, 0.5) is 0 Å². The normalized spacial score (nSPS) is 11.6. The van der Waals surface area contributed by atoms with E-state index in [0.29, 0.717) is 0 Å². The molecule has 0 spiro atoms. The van der Waals surface area contributed by atoms with E-state index in [1.54, 1.807) is 28.2 Å². The summed E-state index contributed by atoms with van der Waals surface area (Å²) in [4.78, 5) is 0. The van der Waals surface area contributed by atoms with Crippen LogP contribution in [0.15, 0.2) is 42.5 Å². The van der Waals surface area contributed by atoms with Gasteiger partial charge in [-0.05, 0) is 20.8 Å². The SMILES string of the molecule is CC(C)(C)NCC=c1cccc2c1=[C-]c1ccccc1-2.C[N-]C.C[N-]C.[Mo+3]. The van der Waals surface area contributed by atoms with Crippen molar-refractivity contribution in [1.82, 2.24) is 5.32 Å². The van der Waals surface area contributed by atoms with Gasteiger partial charge in [-0.1, -0.05) is 47.7 Å². The molecule has 0 aromatic heterocycles. The molecule has 2 aromatic rings. The standard InChI is InChI=1S/C19H20N.2C2H6N.Mo/c1-19(2,3)20-12-11-14-8-6-10-17-16-9-5-4-7-15(16)13-18(14)17;2*1-3-2;/h4-11,20H,12H2,1-3H3;2*1-2H3;/q3*-1;+3. The van der Waals surface area contributed by atoms with Crippen molar-refractivity contribution in [3.8, 4) is 11.1 Å². The summed E-state index contributed by atoms with van der Waals surface area (Å²) in [7, 11) is 7.00. The van der Waals surface area contributed by atoms with Gasteiger partial charge in [-0.3, -0.25) is 0 Å². The average Bonchev–Trinajstić information content (AvgIpc) is 2.95. The molecule has 0 aliphatic heterocycles. The molecule has 1 aliphatic rings. The van der Waals surface area contributed by atoms with E-state index in [-0.39, 0.29) is 26.6 Å². The van der Waals surface area contributed by atoms with Crippen LogP contribution in [-0.4, -0.2) is 40.3 Å². The Labute approximate surface area is 179 Å². The number of nitrogens with zero attached hydrogens (tertiary/aromatic N) is 2. The summed E-state index contributed by atoms with van der Waals surface area (Å²) < 4.78 is 0. The fourth-order valence-electron chi connectivity index (χ4n) is 2.53. The summed E-state index contributed by atoms with van der Waals surface area (Å²) in [6, 6.07) is 14.9. The van der Waals surface area contributed by atoms with E-state index in [0.717, 1.165) is 6.54 Å². The monoisotopic (exact) mass is 448 g/mol. The quantitative estimate of drug-likeness (QED) is 0.473. The Morgan fingerprint density at radius 1 is 0.889 bits per heavy atom. The minimum atomic E-state index is 0. The zero-order chi connectivity index (χ0) is 19.6. The maximum Gasteiger partial charge on any atom is 3.00 e. The predicted molar refractivity (Wildman–Crippen MR) is 116 cm³/mol. The van der Waals surface area contributed by atoms with Gasteiger partial charge in [-0.25, -0.2) is 0 Å². The maximum atomic E-state index is 3.54. The molecular weight excluding hydrogens is 414 g/mol. The van der Waals surface area contributed by atoms with Crippen molar-refractivity contribution in [3.05, 3.63) is 69.1 Å². The number of hydrogen-bond donors (Lipinski definition) is 1. The molecule has 0 saturated carbocycles. The molecule has 2 aromatic carbocycles. The Morgan fingerprint density at radius 2 is 1.44 bits per heavy atom. The zero-order valence-electron chi connectivity index (χ0n) is 17.6. The zero-order valence-corrected chi connectivity index (χ0v) is 19.6. The van der Waals surface area contributed by atoms with Crippen LogP contribution < -0.4 is 15.8 Å². The first-order chi connectivity index (χ1) is 12.4. The maximum absolute atomic E-state index is 3.54. The predicted octanol–water partition coefficient (Wildman–Crippen LogP) is 3.78. The molecule has 145 valence electrons. The Hall–Kier alpha value is -1.25. The molecule has 0 atom stereocenters. The van der Waals surface area contributed by atoms with Crippen LogP contribution in [0.3, 0.4) is 0 Å². The van der Waals surface area contributed by atoms with Gasteiger partial charge in [0, 0.05) is 12.1 Å². The van der Waals surface area contributed by atoms with Gasteiger partial charge < -0.3 is 16.0 Å². The van der Waals surface area contributed by atoms with E-state index in [1.165, 1.54) is 27.1 Å².